The number of aryl methyl sites for hydroxylation is 1. The second-order valence-corrected chi connectivity index (χ2v) is 7.58. The first-order valence-corrected chi connectivity index (χ1v) is 9.92. The molecule has 30 heavy (non-hydrogen) atoms. The summed E-state index contributed by atoms with van der Waals surface area (Å²) in [6, 6.07) is 16.9. The van der Waals surface area contributed by atoms with E-state index in [0.29, 0.717) is 22.3 Å². The highest BCUT2D eigenvalue weighted by molar-refractivity contribution is 6.32. The number of carbonyl (C=O) groups excluding carboxylic acids is 1. The lowest BCUT2D eigenvalue weighted by Crippen LogP contribution is -2.18. The van der Waals surface area contributed by atoms with Crippen molar-refractivity contribution in [2.45, 2.75) is 13.5 Å². The van der Waals surface area contributed by atoms with Crippen LogP contribution in [0.2, 0.25) is 10.2 Å². The second-order valence-electron chi connectivity index (χ2n) is 6.79. The Bertz CT molecular complexity index is 1250. The largest absolute Gasteiger partial charge is 0.291 e. The zero-order chi connectivity index (χ0) is 21.1. The van der Waals surface area contributed by atoms with Crippen molar-refractivity contribution in [3.63, 3.8) is 0 Å². The van der Waals surface area contributed by atoms with Gasteiger partial charge in [0, 0.05) is 22.2 Å². The molecule has 4 aromatic rings. The number of amides is 1. The van der Waals surface area contributed by atoms with Crippen molar-refractivity contribution >= 4 is 46.2 Å². The van der Waals surface area contributed by atoms with Crippen LogP contribution in [0.5, 0.6) is 0 Å². The Morgan fingerprint density at radius 1 is 1.13 bits per heavy atom. The third-order valence-electron chi connectivity index (χ3n) is 4.45. The van der Waals surface area contributed by atoms with E-state index < -0.39 is 5.91 Å². The first-order valence-electron chi connectivity index (χ1n) is 9.16. The zero-order valence-corrected chi connectivity index (χ0v) is 17.5. The summed E-state index contributed by atoms with van der Waals surface area (Å²) >= 11 is 12.1. The summed E-state index contributed by atoms with van der Waals surface area (Å²) in [5.41, 5.74) is 6.29. The second kappa shape index (κ2) is 8.65. The highest BCUT2D eigenvalue weighted by Gasteiger charge is 2.09. The van der Waals surface area contributed by atoms with Crippen LogP contribution in [-0.2, 0) is 6.54 Å². The Balaban J connectivity index is 1.42. The van der Waals surface area contributed by atoms with E-state index in [9.17, 15) is 4.79 Å². The van der Waals surface area contributed by atoms with Crippen LogP contribution in [-0.4, -0.2) is 26.9 Å². The number of hydrogen-bond donors (Lipinski definition) is 1. The summed E-state index contributed by atoms with van der Waals surface area (Å²) in [7, 11) is 0. The number of fused-ring (bicyclic) bond motifs is 1. The molecule has 0 saturated heterocycles. The van der Waals surface area contributed by atoms with E-state index in [1.807, 2.05) is 55.5 Å². The smallest absolute Gasteiger partial charge is 0.268 e. The van der Waals surface area contributed by atoms with Crippen LogP contribution in [0.4, 0.5) is 0 Å². The van der Waals surface area contributed by atoms with E-state index in [0.717, 1.165) is 22.0 Å². The minimum atomic E-state index is -0.415. The number of hydrazone groups is 1. The minimum absolute atomic E-state index is 0.263. The lowest BCUT2D eigenvalue weighted by atomic mass is 10.1. The van der Waals surface area contributed by atoms with Gasteiger partial charge in [0.15, 0.2) is 5.69 Å². The lowest BCUT2D eigenvalue weighted by Gasteiger charge is -2.03. The fraction of sp³-hybridized carbons (Fsp3) is 0.0909. The standard InChI is InChI=1S/C22H17Cl2N5O/c1-14-2-5-16-11-17(21(24)26-20(16)10-14)12-25-27-22(30)19-8-9-29(28-19)13-15-3-6-18(23)7-4-15/h2-12H,13H2,1H3,(H,27,30)/b25-12-. The summed E-state index contributed by atoms with van der Waals surface area (Å²) in [4.78, 5) is 16.7. The molecule has 8 heteroatoms. The van der Waals surface area contributed by atoms with Gasteiger partial charge < -0.3 is 0 Å². The molecule has 0 fully saturated rings. The van der Waals surface area contributed by atoms with E-state index >= 15 is 0 Å². The fourth-order valence-electron chi connectivity index (χ4n) is 2.93. The van der Waals surface area contributed by atoms with Gasteiger partial charge in [0.2, 0.25) is 0 Å². The van der Waals surface area contributed by atoms with Gasteiger partial charge in [-0.1, -0.05) is 47.5 Å². The van der Waals surface area contributed by atoms with E-state index in [1.165, 1.54) is 6.21 Å². The van der Waals surface area contributed by atoms with Crippen molar-refractivity contribution in [1.29, 1.82) is 0 Å². The number of benzene rings is 2. The van der Waals surface area contributed by atoms with Gasteiger partial charge in [-0.15, -0.1) is 0 Å². The molecular weight excluding hydrogens is 421 g/mol. The molecule has 0 aliphatic heterocycles. The van der Waals surface area contributed by atoms with Crippen LogP contribution in [0.3, 0.4) is 0 Å². The molecule has 2 aromatic carbocycles. The molecule has 150 valence electrons. The van der Waals surface area contributed by atoms with Crippen LogP contribution in [0.15, 0.2) is 65.9 Å². The van der Waals surface area contributed by atoms with E-state index in [4.69, 9.17) is 23.2 Å². The normalized spacial score (nSPS) is 11.3. The molecule has 0 spiro atoms. The molecule has 1 amide bonds. The maximum Gasteiger partial charge on any atom is 0.291 e. The lowest BCUT2D eigenvalue weighted by molar-refractivity contribution is 0.0949. The van der Waals surface area contributed by atoms with Gasteiger partial charge in [0.25, 0.3) is 5.91 Å². The Kier molecular flexibility index (Phi) is 5.79. The monoisotopic (exact) mass is 437 g/mol. The highest BCUT2D eigenvalue weighted by atomic mass is 35.5. The number of nitrogens with one attached hydrogen (secondary N) is 1. The van der Waals surface area contributed by atoms with Gasteiger partial charge in [-0.05, 0) is 48.4 Å². The molecule has 6 nitrogen and oxygen atoms in total. The fourth-order valence-corrected chi connectivity index (χ4v) is 3.25. The zero-order valence-electron chi connectivity index (χ0n) is 16.0. The number of carbonyl (C=O) groups is 1. The van der Waals surface area contributed by atoms with Crippen LogP contribution < -0.4 is 5.43 Å². The average Bonchev–Trinajstić information content (AvgIpc) is 3.19. The summed E-state index contributed by atoms with van der Waals surface area (Å²) in [5, 5.41) is 10.2. The van der Waals surface area contributed by atoms with Crippen LogP contribution in [0.1, 0.15) is 27.2 Å². The molecule has 2 aromatic heterocycles. The Morgan fingerprint density at radius 3 is 2.73 bits per heavy atom. The molecule has 0 saturated carbocycles. The molecule has 0 radical (unpaired) electrons. The van der Waals surface area contributed by atoms with Crippen molar-refractivity contribution in [3.05, 3.63) is 93.4 Å². The van der Waals surface area contributed by atoms with Crippen molar-refractivity contribution in [2.24, 2.45) is 5.10 Å². The van der Waals surface area contributed by atoms with Crippen LogP contribution in [0.25, 0.3) is 10.9 Å². The Labute approximate surface area is 183 Å². The van der Waals surface area contributed by atoms with Crippen molar-refractivity contribution in [1.82, 2.24) is 20.2 Å². The van der Waals surface area contributed by atoms with Gasteiger partial charge in [-0.3, -0.25) is 9.48 Å². The van der Waals surface area contributed by atoms with Gasteiger partial charge in [0.1, 0.15) is 5.15 Å². The predicted octanol–water partition coefficient (Wildman–Crippen LogP) is 4.86. The van der Waals surface area contributed by atoms with Gasteiger partial charge in [0.05, 0.1) is 18.3 Å². The number of rotatable bonds is 5. The molecule has 0 aliphatic rings. The highest BCUT2D eigenvalue weighted by Crippen LogP contribution is 2.20. The maximum absolute atomic E-state index is 12.3. The molecule has 0 unspecified atom stereocenters. The molecule has 0 aliphatic carbocycles. The first kappa shape index (κ1) is 20.1. The Hall–Kier alpha value is -3.22. The van der Waals surface area contributed by atoms with Crippen molar-refractivity contribution < 1.29 is 4.79 Å². The van der Waals surface area contributed by atoms with Crippen LogP contribution >= 0.6 is 23.2 Å². The number of aromatic nitrogens is 3. The molecule has 0 atom stereocenters. The molecular formula is C22H17Cl2N5O. The Morgan fingerprint density at radius 2 is 1.93 bits per heavy atom. The quantitative estimate of drug-likeness (QED) is 0.275. The SMILES string of the molecule is Cc1ccc2cc(/C=N\NC(=O)c3ccn(Cc4ccc(Cl)cc4)n3)c(Cl)nc2c1. The van der Waals surface area contributed by atoms with Gasteiger partial charge in [-0.25, -0.2) is 10.4 Å². The van der Waals surface area contributed by atoms with Crippen molar-refractivity contribution in [2.75, 3.05) is 0 Å². The van der Waals surface area contributed by atoms with Crippen LogP contribution in [0, 0.1) is 6.92 Å². The maximum atomic E-state index is 12.3. The van der Waals surface area contributed by atoms with E-state index in [1.54, 1.807) is 16.9 Å². The number of hydrogen-bond acceptors (Lipinski definition) is 4. The van der Waals surface area contributed by atoms with Gasteiger partial charge in [-0.2, -0.15) is 10.2 Å². The molecule has 4 rings (SSSR count). The minimum Gasteiger partial charge on any atom is -0.268 e. The first-order chi connectivity index (χ1) is 14.5. The summed E-state index contributed by atoms with van der Waals surface area (Å²) in [5.74, 6) is -0.415. The topological polar surface area (TPSA) is 72.2 Å². The summed E-state index contributed by atoms with van der Waals surface area (Å²) in [6.07, 6.45) is 3.20. The number of halogens is 2. The number of pyridine rings is 1. The predicted molar refractivity (Wildman–Crippen MR) is 119 cm³/mol. The third kappa shape index (κ3) is 4.67. The summed E-state index contributed by atoms with van der Waals surface area (Å²) in [6.45, 7) is 2.53. The van der Waals surface area contributed by atoms with Gasteiger partial charge >= 0.3 is 0 Å². The van der Waals surface area contributed by atoms with E-state index in [2.05, 4.69) is 20.6 Å². The molecule has 0 bridgehead atoms. The van der Waals surface area contributed by atoms with E-state index in [-0.39, 0.29) is 5.69 Å². The number of nitrogens with zero attached hydrogens (tertiary/aromatic N) is 4. The molecule has 1 N–H and O–H groups in total. The van der Waals surface area contributed by atoms with Crippen molar-refractivity contribution in [3.8, 4) is 0 Å². The third-order valence-corrected chi connectivity index (χ3v) is 5.01. The summed E-state index contributed by atoms with van der Waals surface area (Å²) < 4.78 is 1.67. The average molecular weight is 438 g/mol. The molecule has 2 heterocycles.